The van der Waals surface area contributed by atoms with Gasteiger partial charge in [-0.2, -0.15) is 5.26 Å². The van der Waals surface area contributed by atoms with Crippen molar-refractivity contribution >= 4 is 45.2 Å². The average Bonchev–Trinajstić information content (AvgIpc) is 2.78. The summed E-state index contributed by atoms with van der Waals surface area (Å²) in [6.45, 7) is 0.264. The van der Waals surface area contributed by atoms with Crippen molar-refractivity contribution in [2.75, 3.05) is 12.4 Å². The van der Waals surface area contributed by atoms with Crippen molar-refractivity contribution in [2.24, 2.45) is 0 Å². The van der Waals surface area contributed by atoms with Gasteiger partial charge in [0.1, 0.15) is 18.2 Å². The molecular weight excluding hydrogens is 480 g/mol. The fourth-order valence-electron chi connectivity index (χ4n) is 2.73. The molecular formula is C24H18BrClN2O3. The van der Waals surface area contributed by atoms with E-state index in [1.165, 1.54) is 13.2 Å². The summed E-state index contributed by atoms with van der Waals surface area (Å²) in [5, 5.41) is 12.8. The summed E-state index contributed by atoms with van der Waals surface area (Å²) < 4.78 is 12.0. The number of methoxy groups -OCH3 is 1. The van der Waals surface area contributed by atoms with E-state index < -0.39 is 5.91 Å². The van der Waals surface area contributed by atoms with Gasteiger partial charge in [-0.05, 0) is 42.0 Å². The normalized spacial score (nSPS) is 10.8. The zero-order chi connectivity index (χ0) is 22.2. The van der Waals surface area contributed by atoms with Gasteiger partial charge in [0.25, 0.3) is 5.91 Å². The van der Waals surface area contributed by atoms with Gasteiger partial charge in [0.05, 0.1) is 7.11 Å². The van der Waals surface area contributed by atoms with Crippen LogP contribution in [-0.4, -0.2) is 13.0 Å². The molecule has 156 valence electrons. The van der Waals surface area contributed by atoms with E-state index in [1.54, 1.807) is 42.5 Å². The number of hydrogen-bond donors (Lipinski definition) is 1. The SMILES string of the molecule is COc1cc(C=C(C#N)C(=O)Nc2ccccc2)c(Br)cc1OCc1ccccc1Cl. The van der Waals surface area contributed by atoms with Crippen LogP contribution in [0.15, 0.2) is 76.8 Å². The predicted octanol–water partition coefficient (Wildman–Crippen LogP) is 6.24. The van der Waals surface area contributed by atoms with E-state index in [2.05, 4.69) is 21.2 Å². The molecule has 0 unspecified atom stereocenters. The Bertz CT molecular complexity index is 1160. The van der Waals surface area contributed by atoms with E-state index in [9.17, 15) is 10.1 Å². The Balaban J connectivity index is 1.83. The number of nitrogens with one attached hydrogen (secondary N) is 1. The quantitative estimate of drug-likeness (QED) is 0.310. The number of nitriles is 1. The summed E-state index contributed by atoms with van der Waals surface area (Å²) in [6.07, 6.45) is 1.49. The number of halogens is 2. The smallest absolute Gasteiger partial charge is 0.266 e. The molecule has 0 fully saturated rings. The molecule has 0 heterocycles. The lowest BCUT2D eigenvalue weighted by molar-refractivity contribution is -0.112. The zero-order valence-electron chi connectivity index (χ0n) is 16.6. The third-order valence-electron chi connectivity index (χ3n) is 4.32. The second-order valence-corrected chi connectivity index (χ2v) is 7.66. The van der Waals surface area contributed by atoms with Gasteiger partial charge in [0, 0.05) is 20.7 Å². The lowest BCUT2D eigenvalue weighted by Gasteiger charge is -2.13. The molecule has 0 aliphatic heterocycles. The lowest BCUT2D eigenvalue weighted by atomic mass is 10.1. The van der Waals surface area contributed by atoms with Gasteiger partial charge >= 0.3 is 0 Å². The molecule has 0 aliphatic carbocycles. The molecule has 3 aromatic rings. The molecule has 3 aromatic carbocycles. The van der Waals surface area contributed by atoms with E-state index in [4.69, 9.17) is 21.1 Å². The summed E-state index contributed by atoms with van der Waals surface area (Å²) in [7, 11) is 1.52. The Morgan fingerprint density at radius 3 is 2.52 bits per heavy atom. The Hall–Kier alpha value is -3.27. The van der Waals surface area contributed by atoms with Gasteiger partial charge in [-0.15, -0.1) is 0 Å². The fraction of sp³-hybridized carbons (Fsp3) is 0.0833. The molecule has 0 saturated carbocycles. The second kappa shape index (κ2) is 10.7. The van der Waals surface area contributed by atoms with Crippen molar-refractivity contribution in [1.82, 2.24) is 0 Å². The van der Waals surface area contributed by atoms with Crippen LogP contribution in [0.3, 0.4) is 0 Å². The van der Waals surface area contributed by atoms with Gasteiger partial charge in [-0.1, -0.05) is 63.9 Å². The molecule has 0 radical (unpaired) electrons. The van der Waals surface area contributed by atoms with Gasteiger partial charge in [-0.25, -0.2) is 0 Å². The molecule has 0 aliphatic rings. The lowest BCUT2D eigenvalue weighted by Crippen LogP contribution is -2.13. The predicted molar refractivity (Wildman–Crippen MR) is 125 cm³/mol. The molecule has 31 heavy (non-hydrogen) atoms. The number of amides is 1. The van der Waals surface area contributed by atoms with E-state index >= 15 is 0 Å². The van der Waals surface area contributed by atoms with Crippen molar-refractivity contribution < 1.29 is 14.3 Å². The van der Waals surface area contributed by atoms with Crippen molar-refractivity contribution in [1.29, 1.82) is 5.26 Å². The van der Waals surface area contributed by atoms with Crippen molar-refractivity contribution in [3.63, 3.8) is 0 Å². The largest absolute Gasteiger partial charge is 0.493 e. The topological polar surface area (TPSA) is 71.3 Å². The van der Waals surface area contributed by atoms with Crippen molar-refractivity contribution in [3.05, 3.63) is 92.9 Å². The minimum Gasteiger partial charge on any atom is -0.493 e. The van der Waals surface area contributed by atoms with Crippen LogP contribution in [0.2, 0.25) is 5.02 Å². The molecule has 0 aromatic heterocycles. The number of carbonyl (C=O) groups is 1. The number of ether oxygens (including phenoxy) is 2. The Kier molecular flexibility index (Phi) is 7.71. The standard InChI is InChI=1S/C24H18BrClN2O3/c1-30-22-12-17(11-18(14-27)24(29)28-19-8-3-2-4-9-19)20(25)13-23(22)31-15-16-7-5-6-10-21(16)26/h2-13H,15H2,1H3,(H,28,29). The highest BCUT2D eigenvalue weighted by Gasteiger charge is 2.14. The maximum atomic E-state index is 12.5. The summed E-state index contributed by atoms with van der Waals surface area (Å²) in [5.74, 6) is 0.458. The van der Waals surface area contributed by atoms with E-state index in [1.807, 2.05) is 30.3 Å². The maximum Gasteiger partial charge on any atom is 0.266 e. The second-order valence-electron chi connectivity index (χ2n) is 6.39. The third-order valence-corrected chi connectivity index (χ3v) is 5.38. The first-order chi connectivity index (χ1) is 15.0. The van der Waals surface area contributed by atoms with Crippen LogP contribution in [0.25, 0.3) is 6.08 Å². The molecule has 0 spiro atoms. The zero-order valence-corrected chi connectivity index (χ0v) is 18.9. The van der Waals surface area contributed by atoms with Gasteiger partial charge in [0.2, 0.25) is 0 Å². The van der Waals surface area contributed by atoms with E-state index in [0.717, 1.165) is 5.56 Å². The first kappa shape index (κ1) is 22.4. The van der Waals surface area contributed by atoms with Gasteiger partial charge < -0.3 is 14.8 Å². The number of para-hydroxylation sites is 1. The number of nitrogens with zero attached hydrogens (tertiary/aromatic N) is 1. The highest BCUT2D eigenvalue weighted by Crippen LogP contribution is 2.35. The number of rotatable bonds is 7. The maximum absolute atomic E-state index is 12.5. The number of carbonyl (C=O) groups excluding carboxylic acids is 1. The molecule has 1 amide bonds. The molecule has 0 bridgehead atoms. The van der Waals surface area contributed by atoms with Crippen LogP contribution in [0, 0.1) is 11.3 Å². The first-order valence-corrected chi connectivity index (χ1v) is 10.4. The van der Waals surface area contributed by atoms with Crippen LogP contribution in [-0.2, 0) is 11.4 Å². The number of hydrogen-bond acceptors (Lipinski definition) is 4. The minimum absolute atomic E-state index is 0.0451. The summed E-state index contributed by atoms with van der Waals surface area (Å²) in [5.41, 5.74) is 2.00. The number of anilines is 1. The summed E-state index contributed by atoms with van der Waals surface area (Å²) >= 11 is 9.66. The Morgan fingerprint density at radius 2 is 1.84 bits per heavy atom. The molecule has 0 atom stereocenters. The summed E-state index contributed by atoms with van der Waals surface area (Å²) in [4.78, 5) is 12.5. The third kappa shape index (κ3) is 5.88. The van der Waals surface area contributed by atoms with Crippen LogP contribution in [0.5, 0.6) is 11.5 Å². The monoisotopic (exact) mass is 496 g/mol. The Labute approximate surface area is 194 Å². The van der Waals surface area contributed by atoms with Crippen molar-refractivity contribution in [3.8, 4) is 17.6 Å². The van der Waals surface area contributed by atoms with Gasteiger partial charge in [0.15, 0.2) is 11.5 Å². The van der Waals surface area contributed by atoms with Crippen LogP contribution < -0.4 is 14.8 Å². The molecule has 1 N–H and O–H groups in total. The minimum atomic E-state index is -0.501. The molecule has 3 rings (SSSR count). The van der Waals surface area contributed by atoms with Crippen LogP contribution in [0.1, 0.15) is 11.1 Å². The first-order valence-electron chi connectivity index (χ1n) is 9.23. The average molecular weight is 498 g/mol. The van der Waals surface area contributed by atoms with E-state index in [-0.39, 0.29) is 12.2 Å². The Morgan fingerprint density at radius 1 is 1.13 bits per heavy atom. The molecule has 0 saturated heterocycles. The number of benzene rings is 3. The fourth-order valence-corrected chi connectivity index (χ4v) is 3.36. The summed E-state index contributed by atoms with van der Waals surface area (Å²) in [6, 6.07) is 21.7. The highest BCUT2D eigenvalue weighted by atomic mass is 79.9. The van der Waals surface area contributed by atoms with E-state index in [0.29, 0.717) is 32.2 Å². The highest BCUT2D eigenvalue weighted by molar-refractivity contribution is 9.10. The van der Waals surface area contributed by atoms with Gasteiger partial charge in [-0.3, -0.25) is 4.79 Å². The molecule has 5 nitrogen and oxygen atoms in total. The van der Waals surface area contributed by atoms with Crippen LogP contribution >= 0.6 is 27.5 Å². The van der Waals surface area contributed by atoms with Crippen LogP contribution in [0.4, 0.5) is 5.69 Å². The van der Waals surface area contributed by atoms with Crippen molar-refractivity contribution in [2.45, 2.75) is 6.61 Å². The molecule has 7 heteroatoms.